The van der Waals surface area contributed by atoms with Crippen molar-refractivity contribution in [2.45, 2.75) is 71.8 Å². The Labute approximate surface area is 106 Å². The molecule has 0 spiro atoms. The predicted molar refractivity (Wildman–Crippen MR) is 70.6 cm³/mol. The zero-order valence-electron chi connectivity index (χ0n) is 11.7. The van der Waals surface area contributed by atoms with Gasteiger partial charge in [-0.25, -0.2) is 0 Å². The van der Waals surface area contributed by atoms with Crippen LogP contribution in [-0.4, -0.2) is 12.7 Å². The molecule has 0 saturated heterocycles. The molecule has 1 rings (SSSR count). The van der Waals surface area contributed by atoms with Crippen molar-refractivity contribution in [2.24, 2.45) is 11.3 Å². The molecule has 0 aromatic heterocycles. The molecule has 1 aliphatic carbocycles. The van der Waals surface area contributed by atoms with Gasteiger partial charge < -0.3 is 4.74 Å². The van der Waals surface area contributed by atoms with Crippen LogP contribution in [0, 0.1) is 22.7 Å². The number of ether oxygens (including phenoxy) is 1. The smallest absolute Gasteiger partial charge is 0.0683 e. The Kier molecular flexibility index (Phi) is 5.98. The van der Waals surface area contributed by atoms with Crippen molar-refractivity contribution < 1.29 is 4.74 Å². The molecular formula is C15H27NO. The first-order chi connectivity index (χ1) is 8.07. The van der Waals surface area contributed by atoms with Crippen LogP contribution in [0.3, 0.4) is 0 Å². The lowest BCUT2D eigenvalue weighted by Gasteiger charge is -2.28. The summed E-state index contributed by atoms with van der Waals surface area (Å²) in [7, 11) is 0. The van der Waals surface area contributed by atoms with E-state index in [4.69, 9.17) is 10.00 Å². The van der Waals surface area contributed by atoms with Crippen LogP contribution in [0.1, 0.15) is 65.7 Å². The first kappa shape index (κ1) is 14.5. The van der Waals surface area contributed by atoms with Crippen molar-refractivity contribution in [3.63, 3.8) is 0 Å². The fourth-order valence-electron chi connectivity index (χ4n) is 2.58. The zero-order valence-corrected chi connectivity index (χ0v) is 11.7. The topological polar surface area (TPSA) is 33.0 Å². The van der Waals surface area contributed by atoms with E-state index >= 15 is 0 Å². The Morgan fingerprint density at radius 1 is 1.35 bits per heavy atom. The highest BCUT2D eigenvalue weighted by molar-refractivity contribution is 4.91. The van der Waals surface area contributed by atoms with Gasteiger partial charge >= 0.3 is 0 Å². The number of nitriles is 1. The van der Waals surface area contributed by atoms with Crippen molar-refractivity contribution in [1.82, 2.24) is 0 Å². The van der Waals surface area contributed by atoms with Gasteiger partial charge in [-0.3, -0.25) is 0 Å². The molecule has 1 fully saturated rings. The molecule has 2 atom stereocenters. The summed E-state index contributed by atoms with van der Waals surface area (Å²) >= 11 is 0. The van der Waals surface area contributed by atoms with E-state index in [2.05, 4.69) is 13.0 Å². The Bertz CT molecular complexity index is 254. The van der Waals surface area contributed by atoms with E-state index in [1.807, 2.05) is 13.8 Å². The zero-order chi connectivity index (χ0) is 12.7. The SMILES string of the molecule is CCC1CCCC(OCCCC(C)(C)C#N)C1. The van der Waals surface area contributed by atoms with Gasteiger partial charge in [-0.15, -0.1) is 0 Å². The van der Waals surface area contributed by atoms with Crippen LogP contribution in [0.4, 0.5) is 0 Å². The molecule has 2 unspecified atom stereocenters. The Balaban J connectivity index is 2.12. The summed E-state index contributed by atoms with van der Waals surface area (Å²) in [5.74, 6) is 0.879. The van der Waals surface area contributed by atoms with E-state index in [0.29, 0.717) is 6.10 Å². The molecule has 98 valence electrons. The van der Waals surface area contributed by atoms with Crippen LogP contribution >= 0.6 is 0 Å². The van der Waals surface area contributed by atoms with Gasteiger partial charge in [0.25, 0.3) is 0 Å². The summed E-state index contributed by atoms with van der Waals surface area (Å²) in [6.07, 6.45) is 8.92. The molecule has 17 heavy (non-hydrogen) atoms. The highest BCUT2D eigenvalue weighted by Crippen LogP contribution is 2.29. The van der Waals surface area contributed by atoms with Gasteiger partial charge in [0.05, 0.1) is 17.6 Å². The lowest BCUT2D eigenvalue weighted by atomic mass is 9.85. The third-order valence-corrected chi connectivity index (χ3v) is 3.91. The predicted octanol–water partition coefficient (Wildman–Crippen LogP) is 4.30. The average Bonchev–Trinajstić information content (AvgIpc) is 2.35. The van der Waals surface area contributed by atoms with Crippen LogP contribution in [0.5, 0.6) is 0 Å². The summed E-state index contributed by atoms with van der Waals surface area (Å²) in [6.45, 7) is 7.11. The Morgan fingerprint density at radius 3 is 2.76 bits per heavy atom. The van der Waals surface area contributed by atoms with Gasteiger partial charge in [-0.05, 0) is 45.4 Å². The molecular weight excluding hydrogens is 210 g/mol. The van der Waals surface area contributed by atoms with E-state index in [1.165, 1.54) is 32.1 Å². The molecule has 0 amide bonds. The minimum absolute atomic E-state index is 0.193. The summed E-state index contributed by atoms with van der Waals surface area (Å²) in [5.41, 5.74) is -0.193. The lowest BCUT2D eigenvalue weighted by Crippen LogP contribution is -2.23. The maximum Gasteiger partial charge on any atom is 0.0683 e. The first-order valence-electron chi connectivity index (χ1n) is 7.10. The van der Waals surface area contributed by atoms with Crippen LogP contribution in [-0.2, 0) is 4.74 Å². The summed E-state index contributed by atoms with van der Waals surface area (Å²) in [4.78, 5) is 0. The summed E-state index contributed by atoms with van der Waals surface area (Å²) in [6, 6.07) is 2.34. The maximum atomic E-state index is 8.92. The molecule has 0 bridgehead atoms. The van der Waals surface area contributed by atoms with Gasteiger partial charge in [-0.2, -0.15) is 5.26 Å². The number of rotatable bonds is 6. The van der Waals surface area contributed by atoms with Crippen molar-refractivity contribution in [3.8, 4) is 6.07 Å². The minimum Gasteiger partial charge on any atom is -0.378 e. The number of hydrogen-bond donors (Lipinski definition) is 0. The molecule has 1 saturated carbocycles. The van der Waals surface area contributed by atoms with Crippen LogP contribution in [0.2, 0.25) is 0 Å². The quantitative estimate of drug-likeness (QED) is 0.645. The van der Waals surface area contributed by atoms with E-state index < -0.39 is 0 Å². The van der Waals surface area contributed by atoms with Crippen molar-refractivity contribution in [1.29, 1.82) is 5.26 Å². The van der Waals surface area contributed by atoms with E-state index in [1.54, 1.807) is 0 Å². The van der Waals surface area contributed by atoms with Crippen LogP contribution < -0.4 is 0 Å². The molecule has 0 aromatic rings. The highest BCUT2D eigenvalue weighted by atomic mass is 16.5. The molecule has 2 heteroatoms. The Hall–Kier alpha value is -0.550. The molecule has 1 aliphatic rings. The third-order valence-electron chi connectivity index (χ3n) is 3.91. The van der Waals surface area contributed by atoms with Gasteiger partial charge in [0.15, 0.2) is 0 Å². The lowest BCUT2D eigenvalue weighted by molar-refractivity contribution is 0.00895. The normalized spacial score (nSPS) is 25.5. The first-order valence-corrected chi connectivity index (χ1v) is 7.10. The minimum atomic E-state index is -0.193. The summed E-state index contributed by atoms with van der Waals surface area (Å²) < 4.78 is 5.95. The molecule has 0 radical (unpaired) electrons. The molecule has 2 nitrogen and oxygen atoms in total. The van der Waals surface area contributed by atoms with Crippen LogP contribution in [0.25, 0.3) is 0 Å². The van der Waals surface area contributed by atoms with Crippen LogP contribution in [0.15, 0.2) is 0 Å². The van der Waals surface area contributed by atoms with Crippen molar-refractivity contribution >= 4 is 0 Å². The second-order valence-corrected chi connectivity index (χ2v) is 6.03. The van der Waals surface area contributed by atoms with Gasteiger partial charge in [0.2, 0.25) is 0 Å². The summed E-state index contributed by atoms with van der Waals surface area (Å²) in [5, 5.41) is 8.92. The fourth-order valence-corrected chi connectivity index (χ4v) is 2.58. The largest absolute Gasteiger partial charge is 0.378 e. The second kappa shape index (κ2) is 7.01. The maximum absolute atomic E-state index is 8.92. The number of hydrogen-bond acceptors (Lipinski definition) is 2. The molecule has 0 aromatic carbocycles. The Morgan fingerprint density at radius 2 is 2.12 bits per heavy atom. The molecule has 0 heterocycles. The van der Waals surface area contributed by atoms with E-state index in [-0.39, 0.29) is 5.41 Å². The second-order valence-electron chi connectivity index (χ2n) is 6.03. The monoisotopic (exact) mass is 237 g/mol. The molecule has 0 aliphatic heterocycles. The average molecular weight is 237 g/mol. The van der Waals surface area contributed by atoms with Gasteiger partial charge in [0, 0.05) is 6.61 Å². The third kappa shape index (κ3) is 5.55. The van der Waals surface area contributed by atoms with Crippen molar-refractivity contribution in [3.05, 3.63) is 0 Å². The van der Waals surface area contributed by atoms with Crippen molar-refractivity contribution in [2.75, 3.05) is 6.61 Å². The fraction of sp³-hybridized carbons (Fsp3) is 0.933. The molecule has 0 N–H and O–H groups in total. The van der Waals surface area contributed by atoms with E-state index in [9.17, 15) is 0 Å². The van der Waals surface area contributed by atoms with Gasteiger partial charge in [-0.1, -0.05) is 26.2 Å². The van der Waals surface area contributed by atoms with E-state index in [0.717, 1.165) is 25.4 Å². The standard InChI is InChI=1S/C15H27NO/c1-4-13-7-5-8-14(11-13)17-10-6-9-15(2,3)12-16/h13-14H,4-11H2,1-3H3. The van der Waals surface area contributed by atoms with Gasteiger partial charge in [0.1, 0.15) is 0 Å². The highest BCUT2D eigenvalue weighted by Gasteiger charge is 2.21. The number of nitrogens with zero attached hydrogens (tertiary/aromatic N) is 1.